The van der Waals surface area contributed by atoms with Crippen molar-refractivity contribution in [3.8, 4) is 11.3 Å². The zero-order valence-electron chi connectivity index (χ0n) is 19.1. The Balaban J connectivity index is 2.04. The smallest absolute Gasteiger partial charge is 0.313 e. The molecule has 170 valence electrons. The van der Waals surface area contributed by atoms with Crippen LogP contribution >= 0.6 is 0 Å². The van der Waals surface area contributed by atoms with E-state index in [-0.39, 0.29) is 24.3 Å². The Morgan fingerprint density at radius 3 is 2.66 bits per heavy atom. The molecule has 1 unspecified atom stereocenters. The molecule has 1 aromatic carbocycles. The van der Waals surface area contributed by atoms with Gasteiger partial charge in [-0.2, -0.15) is 0 Å². The molecular formula is C25H30N2O5. The van der Waals surface area contributed by atoms with Crippen LogP contribution in [-0.2, 0) is 30.3 Å². The maximum absolute atomic E-state index is 13.0. The van der Waals surface area contributed by atoms with E-state index in [1.165, 1.54) is 7.11 Å². The zero-order chi connectivity index (χ0) is 23.3. The molecule has 0 radical (unpaired) electrons. The highest BCUT2D eigenvalue weighted by molar-refractivity contribution is 5.95. The summed E-state index contributed by atoms with van der Waals surface area (Å²) in [6.45, 7) is 5.56. The molecule has 0 aliphatic carbocycles. The van der Waals surface area contributed by atoms with Gasteiger partial charge in [-0.1, -0.05) is 18.6 Å². The van der Waals surface area contributed by atoms with Crippen molar-refractivity contribution in [3.05, 3.63) is 47.7 Å². The van der Waals surface area contributed by atoms with E-state index in [9.17, 15) is 14.4 Å². The first-order valence-corrected chi connectivity index (χ1v) is 10.8. The highest BCUT2D eigenvalue weighted by Crippen LogP contribution is 2.33. The fourth-order valence-electron chi connectivity index (χ4n) is 3.72. The number of pyridine rings is 1. The van der Waals surface area contributed by atoms with Crippen LogP contribution in [0.2, 0.25) is 0 Å². The van der Waals surface area contributed by atoms with Gasteiger partial charge in [0.2, 0.25) is 5.91 Å². The fourth-order valence-corrected chi connectivity index (χ4v) is 3.72. The molecule has 3 rings (SSSR count). The summed E-state index contributed by atoms with van der Waals surface area (Å²) in [5, 5.41) is 2.96. The van der Waals surface area contributed by atoms with Crippen LogP contribution in [0.1, 0.15) is 63.5 Å². The topological polar surface area (TPSA) is 94.6 Å². The Morgan fingerprint density at radius 2 is 1.94 bits per heavy atom. The molecule has 0 saturated heterocycles. The Hall–Kier alpha value is -3.22. The first-order valence-electron chi connectivity index (χ1n) is 10.8. The lowest BCUT2D eigenvalue weighted by atomic mass is 9.91. The van der Waals surface area contributed by atoms with Crippen molar-refractivity contribution < 1.29 is 23.9 Å². The molecule has 0 saturated carbocycles. The number of nitrogens with zero attached hydrogens (tertiary/aromatic N) is 1. The molecule has 32 heavy (non-hydrogen) atoms. The molecule has 2 heterocycles. The predicted molar refractivity (Wildman–Crippen MR) is 121 cm³/mol. The van der Waals surface area contributed by atoms with Crippen molar-refractivity contribution in [2.24, 2.45) is 0 Å². The zero-order valence-corrected chi connectivity index (χ0v) is 19.1. The van der Waals surface area contributed by atoms with Crippen molar-refractivity contribution in [2.75, 3.05) is 12.4 Å². The fraction of sp³-hybridized carbons (Fsp3) is 0.440. The molecule has 7 heteroatoms. The Kier molecular flexibility index (Phi) is 7.28. The van der Waals surface area contributed by atoms with Gasteiger partial charge in [-0.25, -0.2) is 0 Å². The molecular weight excluding hydrogens is 408 g/mol. The van der Waals surface area contributed by atoms with Crippen molar-refractivity contribution in [2.45, 2.75) is 64.4 Å². The van der Waals surface area contributed by atoms with Gasteiger partial charge < -0.3 is 14.8 Å². The number of rotatable bonds is 3. The van der Waals surface area contributed by atoms with Gasteiger partial charge in [0.05, 0.1) is 30.8 Å². The van der Waals surface area contributed by atoms with Crippen LogP contribution in [0.5, 0.6) is 0 Å². The number of nitrogens with one attached hydrogen (secondary N) is 1. The van der Waals surface area contributed by atoms with Crippen LogP contribution in [-0.4, -0.2) is 35.5 Å². The first kappa shape index (κ1) is 23.4. The lowest BCUT2D eigenvalue weighted by Crippen LogP contribution is -2.28. The third kappa shape index (κ3) is 6.15. The molecule has 0 spiro atoms. The van der Waals surface area contributed by atoms with E-state index in [1.54, 1.807) is 12.3 Å². The number of fused-ring (bicyclic) bond motifs is 4. The SMILES string of the molecule is COC(=O)Cc1ccc2c(c1)NC(=O)CCCCC(C(=O)OC(C)(C)C)c1ccnc-2c1. The number of ether oxygens (including phenoxy) is 2. The van der Waals surface area contributed by atoms with Gasteiger partial charge in [0, 0.05) is 18.2 Å². The van der Waals surface area contributed by atoms with Crippen molar-refractivity contribution >= 4 is 23.5 Å². The summed E-state index contributed by atoms with van der Waals surface area (Å²) >= 11 is 0. The van der Waals surface area contributed by atoms with Gasteiger partial charge in [-0.05, 0) is 62.9 Å². The number of esters is 2. The highest BCUT2D eigenvalue weighted by Gasteiger charge is 2.27. The quantitative estimate of drug-likeness (QED) is 0.714. The minimum atomic E-state index is -0.584. The van der Waals surface area contributed by atoms with E-state index < -0.39 is 11.5 Å². The molecule has 1 amide bonds. The number of anilines is 1. The summed E-state index contributed by atoms with van der Waals surface area (Å²) in [6, 6.07) is 9.13. The molecule has 7 nitrogen and oxygen atoms in total. The van der Waals surface area contributed by atoms with Crippen molar-refractivity contribution in [1.29, 1.82) is 0 Å². The largest absolute Gasteiger partial charge is 0.469 e. The highest BCUT2D eigenvalue weighted by atomic mass is 16.6. The number of amides is 1. The van der Waals surface area contributed by atoms with Gasteiger partial charge in [-0.3, -0.25) is 19.4 Å². The maximum Gasteiger partial charge on any atom is 0.313 e. The van der Waals surface area contributed by atoms with E-state index in [0.717, 1.165) is 16.7 Å². The monoisotopic (exact) mass is 438 g/mol. The third-order valence-electron chi connectivity index (χ3n) is 5.23. The second-order valence-electron chi connectivity index (χ2n) is 8.99. The summed E-state index contributed by atoms with van der Waals surface area (Å²) in [6.07, 6.45) is 4.07. The number of aromatic nitrogens is 1. The number of carbonyl (C=O) groups is 3. The molecule has 0 fully saturated rings. The molecule has 2 aromatic rings. The van der Waals surface area contributed by atoms with Crippen LogP contribution in [0.25, 0.3) is 11.3 Å². The Labute approximate surface area is 188 Å². The van der Waals surface area contributed by atoms with Crippen LogP contribution in [0.4, 0.5) is 5.69 Å². The molecule has 1 aliphatic rings. The van der Waals surface area contributed by atoms with Crippen LogP contribution < -0.4 is 5.32 Å². The van der Waals surface area contributed by atoms with Gasteiger partial charge >= 0.3 is 11.9 Å². The molecule has 1 aromatic heterocycles. The van der Waals surface area contributed by atoms with E-state index in [2.05, 4.69) is 10.3 Å². The van der Waals surface area contributed by atoms with Crippen LogP contribution in [0, 0.1) is 0 Å². The van der Waals surface area contributed by atoms with E-state index >= 15 is 0 Å². The van der Waals surface area contributed by atoms with Crippen LogP contribution in [0.15, 0.2) is 36.5 Å². The van der Waals surface area contributed by atoms with E-state index in [0.29, 0.717) is 37.1 Å². The number of hydrogen-bond acceptors (Lipinski definition) is 6. The number of methoxy groups -OCH3 is 1. The average Bonchev–Trinajstić information content (AvgIpc) is 2.72. The van der Waals surface area contributed by atoms with Gasteiger partial charge in [0.25, 0.3) is 0 Å². The maximum atomic E-state index is 13.0. The van der Waals surface area contributed by atoms with E-state index in [4.69, 9.17) is 9.47 Å². The normalized spacial score (nSPS) is 16.6. The second-order valence-corrected chi connectivity index (χ2v) is 8.99. The Bertz CT molecular complexity index is 1010. The summed E-state index contributed by atoms with van der Waals surface area (Å²) in [5.74, 6) is -1.18. The number of carbonyl (C=O) groups excluding carboxylic acids is 3. The molecule has 1 N–H and O–H groups in total. The van der Waals surface area contributed by atoms with E-state index in [1.807, 2.05) is 45.0 Å². The first-order chi connectivity index (χ1) is 15.2. The van der Waals surface area contributed by atoms with Crippen molar-refractivity contribution in [3.63, 3.8) is 0 Å². The lowest BCUT2D eigenvalue weighted by molar-refractivity contribution is -0.157. The second kappa shape index (κ2) is 9.94. The standard InChI is InChI=1S/C25H30N2O5/c1-25(2,3)32-24(30)18-7-5-6-8-22(28)27-21-13-16(14-23(29)31-4)9-10-19(21)20-15-17(18)11-12-26-20/h9-13,15,18H,5-8,14H2,1-4H3,(H,27,28). The molecule has 1 aliphatic heterocycles. The minimum absolute atomic E-state index is 0.105. The molecule has 1 atom stereocenters. The minimum Gasteiger partial charge on any atom is -0.469 e. The number of benzene rings is 1. The van der Waals surface area contributed by atoms with Gasteiger partial charge in [0.15, 0.2) is 0 Å². The number of hydrogen-bond donors (Lipinski definition) is 1. The van der Waals surface area contributed by atoms with Gasteiger partial charge in [-0.15, -0.1) is 0 Å². The molecule has 2 bridgehead atoms. The Morgan fingerprint density at radius 1 is 1.16 bits per heavy atom. The summed E-state index contributed by atoms with van der Waals surface area (Å²) < 4.78 is 10.4. The van der Waals surface area contributed by atoms with Crippen molar-refractivity contribution in [1.82, 2.24) is 4.98 Å². The average molecular weight is 439 g/mol. The third-order valence-corrected chi connectivity index (χ3v) is 5.23. The predicted octanol–water partition coefficient (Wildman–Crippen LogP) is 4.40. The summed E-state index contributed by atoms with van der Waals surface area (Å²) in [4.78, 5) is 41.7. The summed E-state index contributed by atoms with van der Waals surface area (Å²) in [5.41, 5.74) is 2.91. The van der Waals surface area contributed by atoms with Gasteiger partial charge in [0.1, 0.15) is 5.60 Å². The lowest BCUT2D eigenvalue weighted by Gasteiger charge is -2.25. The van der Waals surface area contributed by atoms with Crippen LogP contribution in [0.3, 0.4) is 0 Å². The summed E-state index contributed by atoms with van der Waals surface area (Å²) in [7, 11) is 1.34.